The predicted molar refractivity (Wildman–Crippen MR) is 359 cm³/mol. The average Bonchev–Trinajstić information content (AvgIpc) is 2.07. The number of hydrogen-bond donors (Lipinski definition) is 9. The van der Waals surface area contributed by atoms with Gasteiger partial charge in [0, 0.05) is 6.42 Å². The molecule has 1 amide bonds. The summed E-state index contributed by atoms with van der Waals surface area (Å²) in [6, 6.07) is -0.941. The number of nitrogens with one attached hydrogen (secondary N) is 1. The predicted octanol–water partition coefficient (Wildman–Crippen LogP) is 14.6. The number of allylic oxidation sites excluding steroid dienone is 15. The molecule has 12 unspecified atom stereocenters. The largest absolute Gasteiger partial charge is 0.394 e. The van der Waals surface area contributed by atoms with E-state index in [1.54, 1.807) is 6.08 Å². The highest BCUT2D eigenvalue weighted by atomic mass is 16.7. The second kappa shape index (κ2) is 57.8. The van der Waals surface area contributed by atoms with E-state index in [1.807, 2.05) is 6.08 Å². The van der Waals surface area contributed by atoms with Gasteiger partial charge >= 0.3 is 0 Å². The van der Waals surface area contributed by atoms with Crippen LogP contribution in [-0.2, 0) is 23.7 Å². The van der Waals surface area contributed by atoms with Gasteiger partial charge in [0.2, 0.25) is 5.91 Å². The van der Waals surface area contributed by atoms with Crippen LogP contribution in [0.1, 0.15) is 271 Å². The quantitative estimate of drug-likeness (QED) is 0.0204. The van der Waals surface area contributed by atoms with E-state index in [4.69, 9.17) is 18.9 Å². The van der Waals surface area contributed by atoms with Gasteiger partial charge in [-0.1, -0.05) is 272 Å². The molecule has 2 aliphatic heterocycles. The lowest BCUT2D eigenvalue weighted by molar-refractivity contribution is -0.359. The van der Waals surface area contributed by atoms with E-state index >= 15 is 0 Å². The molecule has 0 saturated carbocycles. The fourth-order valence-corrected chi connectivity index (χ4v) is 11.1. The van der Waals surface area contributed by atoms with Gasteiger partial charge in [-0.15, -0.1) is 0 Å². The van der Waals surface area contributed by atoms with Crippen molar-refractivity contribution in [3.8, 4) is 0 Å². The summed E-state index contributed by atoms with van der Waals surface area (Å²) < 4.78 is 22.8. The standard InChI is InChI=1S/C74H129NO13/c1-3-5-7-9-11-13-15-17-19-21-22-23-24-25-26-27-28-29-30-31-32-33-34-35-36-37-38-39-40-42-44-46-48-50-52-54-56-58-66(79)75-62(63(78)57-55-53-51-49-47-45-43-41-20-18-16-14-12-10-8-6-4-2)61-85-73-71(84)69(82)72(65(60-77)87-73)88-74-70(83)68(81)67(80)64(59-76)86-74/h5,7,11,13,17,19-20,22-23,25-26,41,47,49,55,57,62-65,67-74,76-78,80-84H,3-4,6,8-10,12,14-16,18,21,24,27-40,42-46,48,50-54,56,58-61H2,1-2H3,(H,75,79)/b7-5-,13-11-,19-17-,23-22-,26-25-,41-20+,49-47+,57-55+. The number of amides is 1. The van der Waals surface area contributed by atoms with E-state index in [2.05, 4.69) is 104 Å². The third-order valence-electron chi connectivity index (χ3n) is 16.7. The molecule has 0 spiro atoms. The van der Waals surface area contributed by atoms with Crippen molar-refractivity contribution >= 4 is 5.91 Å². The second-order valence-electron chi connectivity index (χ2n) is 24.6. The van der Waals surface area contributed by atoms with Crippen LogP contribution in [-0.4, -0.2) is 140 Å². The molecule has 14 heteroatoms. The number of hydrogen-bond acceptors (Lipinski definition) is 13. The van der Waals surface area contributed by atoms with Crippen molar-refractivity contribution in [2.45, 2.75) is 344 Å². The van der Waals surface area contributed by atoms with E-state index in [0.29, 0.717) is 12.8 Å². The van der Waals surface area contributed by atoms with Gasteiger partial charge in [0.1, 0.15) is 48.8 Å². The third kappa shape index (κ3) is 41.4. The Morgan fingerprint density at radius 3 is 1.25 bits per heavy atom. The van der Waals surface area contributed by atoms with Gasteiger partial charge in [0.05, 0.1) is 32.0 Å². The van der Waals surface area contributed by atoms with E-state index in [1.165, 1.54) is 161 Å². The first-order valence-electron chi connectivity index (χ1n) is 35.5. The van der Waals surface area contributed by atoms with Crippen LogP contribution < -0.4 is 5.32 Å². The SMILES string of the molecule is CC/C=C\C/C=C\C/C=C\C/C=C\C/C=C\CCCCCCCCCCCCCCCCCCCCCCCC(=O)NC(COC1OC(CO)C(OC2OC(CO)C(O)C(O)C2O)C(O)C1O)C(O)/C=C/CC/C=C/CC/C=C/CCCCCCCCC. The zero-order valence-electron chi connectivity index (χ0n) is 55.2. The fraction of sp³-hybridized carbons (Fsp3) is 0.770. The lowest BCUT2D eigenvalue weighted by atomic mass is 9.97. The van der Waals surface area contributed by atoms with Crippen LogP contribution in [0.15, 0.2) is 97.2 Å². The molecule has 0 bridgehead atoms. The van der Waals surface area contributed by atoms with Gasteiger partial charge in [-0.3, -0.25) is 4.79 Å². The maximum absolute atomic E-state index is 13.3. The molecule has 0 aromatic heterocycles. The highest BCUT2D eigenvalue weighted by molar-refractivity contribution is 5.76. The number of unbranched alkanes of at least 4 members (excludes halogenated alkanes) is 30. The monoisotopic (exact) mass is 1240 g/mol. The Morgan fingerprint density at radius 1 is 0.420 bits per heavy atom. The van der Waals surface area contributed by atoms with Crippen LogP contribution >= 0.6 is 0 Å². The summed E-state index contributed by atoms with van der Waals surface area (Å²) in [5.74, 6) is -0.252. The molecular formula is C74H129NO13. The molecule has 2 heterocycles. The molecule has 0 aliphatic carbocycles. The first-order valence-corrected chi connectivity index (χ1v) is 35.5. The van der Waals surface area contributed by atoms with Crippen LogP contribution in [0.3, 0.4) is 0 Å². The summed E-state index contributed by atoms with van der Waals surface area (Å²) in [7, 11) is 0. The van der Waals surface area contributed by atoms with E-state index in [-0.39, 0.29) is 18.9 Å². The van der Waals surface area contributed by atoms with Gasteiger partial charge in [0.25, 0.3) is 0 Å². The van der Waals surface area contributed by atoms with Crippen molar-refractivity contribution in [1.82, 2.24) is 5.32 Å². The van der Waals surface area contributed by atoms with Gasteiger partial charge < -0.3 is 65.1 Å². The Hall–Kier alpha value is -3.09. The van der Waals surface area contributed by atoms with Crippen molar-refractivity contribution in [3.63, 3.8) is 0 Å². The van der Waals surface area contributed by atoms with E-state index in [0.717, 1.165) is 77.0 Å². The zero-order chi connectivity index (χ0) is 63.8. The summed E-state index contributed by atoms with van der Waals surface area (Å²) in [6.07, 6.45) is 64.8. The number of aliphatic hydroxyl groups is 8. The molecule has 0 radical (unpaired) electrons. The van der Waals surface area contributed by atoms with Crippen LogP contribution in [0, 0.1) is 0 Å². The highest BCUT2D eigenvalue weighted by Crippen LogP contribution is 2.30. The molecule has 88 heavy (non-hydrogen) atoms. The molecule has 2 rings (SSSR count). The Labute approximate surface area is 534 Å². The second-order valence-corrected chi connectivity index (χ2v) is 24.6. The minimum atomic E-state index is -1.80. The van der Waals surface area contributed by atoms with Crippen molar-refractivity contribution in [3.05, 3.63) is 97.2 Å². The number of aliphatic hydroxyl groups excluding tert-OH is 8. The first-order chi connectivity index (χ1) is 43.1. The van der Waals surface area contributed by atoms with Crippen LogP contribution in [0.4, 0.5) is 0 Å². The summed E-state index contributed by atoms with van der Waals surface area (Å²) in [6.45, 7) is 2.66. The van der Waals surface area contributed by atoms with E-state index in [9.17, 15) is 45.6 Å². The first kappa shape index (κ1) is 81.0. The number of ether oxygens (including phenoxy) is 4. The Kier molecular flexibility index (Phi) is 53.2. The van der Waals surface area contributed by atoms with Gasteiger partial charge in [-0.05, 0) is 89.9 Å². The zero-order valence-corrected chi connectivity index (χ0v) is 55.2. The van der Waals surface area contributed by atoms with Crippen LogP contribution in [0.25, 0.3) is 0 Å². The molecular weight excluding hydrogens is 1110 g/mol. The van der Waals surface area contributed by atoms with E-state index < -0.39 is 86.8 Å². The minimum absolute atomic E-state index is 0.252. The van der Waals surface area contributed by atoms with Crippen LogP contribution in [0.5, 0.6) is 0 Å². The highest BCUT2D eigenvalue weighted by Gasteiger charge is 2.51. The fourth-order valence-electron chi connectivity index (χ4n) is 11.1. The maximum Gasteiger partial charge on any atom is 0.220 e. The number of carbonyl (C=O) groups is 1. The number of carbonyl (C=O) groups excluding carboxylic acids is 1. The molecule has 14 nitrogen and oxygen atoms in total. The average molecular weight is 1240 g/mol. The van der Waals surface area contributed by atoms with Crippen molar-refractivity contribution in [1.29, 1.82) is 0 Å². The van der Waals surface area contributed by atoms with Crippen molar-refractivity contribution in [2.24, 2.45) is 0 Å². The summed E-state index contributed by atoms with van der Waals surface area (Å²) in [5.41, 5.74) is 0. The number of rotatable bonds is 57. The smallest absolute Gasteiger partial charge is 0.220 e. The third-order valence-corrected chi connectivity index (χ3v) is 16.7. The maximum atomic E-state index is 13.3. The molecule has 508 valence electrons. The molecule has 2 saturated heterocycles. The van der Waals surface area contributed by atoms with Gasteiger partial charge in [-0.25, -0.2) is 0 Å². The molecule has 2 fully saturated rings. The molecule has 12 atom stereocenters. The summed E-state index contributed by atoms with van der Waals surface area (Å²) in [5, 5.41) is 87.3. The van der Waals surface area contributed by atoms with Crippen molar-refractivity contribution < 1.29 is 64.6 Å². The normalized spacial score (nSPS) is 23.8. The summed E-state index contributed by atoms with van der Waals surface area (Å²) in [4.78, 5) is 13.3. The lowest BCUT2D eigenvalue weighted by Gasteiger charge is -2.46. The Balaban J connectivity index is 1.61. The molecule has 0 aromatic rings. The Bertz CT molecular complexity index is 1850. The van der Waals surface area contributed by atoms with Gasteiger partial charge in [-0.2, -0.15) is 0 Å². The molecule has 0 aromatic carbocycles. The Morgan fingerprint density at radius 2 is 0.795 bits per heavy atom. The molecule has 2 aliphatic rings. The lowest BCUT2D eigenvalue weighted by Crippen LogP contribution is -2.65. The van der Waals surface area contributed by atoms with Gasteiger partial charge in [0.15, 0.2) is 12.6 Å². The van der Waals surface area contributed by atoms with Crippen LogP contribution in [0.2, 0.25) is 0 Å². The molecule has 9 N–H and O–H groups in total. The van der Waals surface area contributed by atoms with Crippen molar-refractivity contribution in [2.75, 3.05) is 19.8 Å². The topological polar surface area (TPSA) is 228 Å². The summed E-state index contributed by atoms with van der Waals surface area (Å²) >= 11 is 0. The minimum Gasteiger partial charge on any atom is -0.394 e.